The van der Waals surface area contributed by atoms with Gasteiger partial charge in [0.25, 0.3) is 5.91 Å². The third kappa shape index (κ3) is 5.32. The van der Waals surface area contributed by atoms with Gasteiger partial charge in [0.2, 0.25) is 0 Å². The lowest BCUT2D eigenvalue weighted by atomic mass is 10.3. The number of ether oxygens (including phenoxy) is 1. The maximum absolute atomic E-state index is 11.6. The molecule has 1 atom stereocenters. The Morgan fingerprint density at radius 1 is 1.47 bits per heavy atom. The first-order chi connectivity index (χ1) is 9.04. The second-order valence-electron chi connectivity index (χ2n) is 3.61. The van der Waals surface area contributed by atoms with Gasteiger partial charge in [0, 0.05) is 11.2 Å². The van der Waals surface area contributed by atoms with Crippen LogP contribution in [0.3, 0.4) is 0 Å². The summed E-state index contributed by atoms with van der Waals surface area (Å²) >= 11 is 11.7. The number of nitrogens with zero attached hydrogens (tertiary/aromatic N) is 1. The summed E-state index contributed by atoms with van der Waals surface area (Å²) < 4.78 is 5.42. The average molecular weight is 301 g/mol. The van der Waals surface area contributed by atoms with Crippen LogP contribution in [-0.2, 0) is 4.79 Å². The van der Waals surface area contributed by atoms with E-state index in [9.17, 15) is 4.79 Å². The number of hydrogen-bond acceptors (Lipinski definition) is 3. The zero-order valence-electron chi connectivity index (χ0n) is 10.6. The molecule has 0 saturated carbocycles. The number of amides is 1. The summed E-state index contributed by atoms with van der Waals surface area (Å²) in [6.45, 7) is 3.45. The highest BCUT2D eigenvalue weighted by atomic mass is 35.5. The van der Waals surface area contributed by atoms with Crippen molar-refractivity contribution >= 4 is 35.3 Å². The van der Waals surface area contributed by atoms with Crippen molar-refractivity contribution in [3.63, 3.8) is 0 Å². The topological polar surface area (TPSA) is 50.7 Å². The summed E-state index contributed by atoms with van der Waals surface area (Å²) in [5.74, 6) is 0.0259. The normalized spacial score (nSPS) is 12.8. The summed E-state index contributed by atoms with van der Waals surface area (Å²) in [6.07, 6.45) is 4.24. The highest BCUT2D eigenvalue weighted by Crippen LogP contribution is 2.28. The van der Waals surface area contributed by atoms with E-state index in [0.29, 0.717) is 15.8 Å². The van der Waals surface area contributed by atoms with Crippen LogP contribution in [0.2, 0.25) is 10.0 Å². The van der Waals surface area contributed by atoms with Crippen LogP contribution in [0, 0.1) is 0 Å². The number of hydrazone groups is 1. The van der Waals surface area contributed by atoms with Crippen molar-refractivity contribution in [2.75, 3.05) is 0 Å². The van der Waals surface area contributed by atoms with E-state index < -0.39 is 6.10 Å². The minimum Gasteiger partial charge on any atom is -0.479 e. The second kappa shape index (κ2) is 7.81. The lowest BCUT2D eigenvalue weighted by molar-refractivity contribution is -0.127. The predicted molar refractivity (Wildman–Crippen MR) is 78.0 cm³/mol. The van der Waals surface area contributed by atoms with Gasteiger partial charge in [0.05, 0.1) is 5.02 Å². The molecule has 102 valence electrons. The number of rotatable bonds is 5. The first kappa shape index (κ1) is 15.5. The van der Waals surface area contributed by atoms with Gasteiger partial charge in [0.15, 0.2) is 6.10 Å². The molecule has 0 aliphatic carbocycles. The van der Waals surface area contributed by atoms with Gasteiger partial charge in [-0.05, 0) is 38.1 Å². The fourth-order valence-corrected chi connectivity index (χ4v) is 1.59. The zero-order valence-corrected chi connectivity index (χ0v) is 12.1. The quantitative estimate of drug-likeness (QED) is 0.669. The Bertz CT molecular complexity index is 501. The van der Waals surface area contributed by atoms with E-state index in [2.05, 4.69) is 10.5 Å². The van der Waals surface area contributed by atoms with E-state index in [1.165, 1.54) is 6.21 Å². The van der Waals surface area contributed by atoms with Crippen molar-refractivity contribution in [2.45, 2.75) is 20.0 Å². The average Bonchev–Trinajstić information content (AvgIpc) is 2.37. The van der Waals surface area contributed by atoms with Crippen molar-refractivity contribution in [1.82, 2.24) is 5.43 Å². The maximum Gasteiger partial charge on any atom is 0.280 e. The fourth-order valence-electron chi connectivity index (χ4n) is 1.14. The standard InChI is InChI=1S/C13H14Cl2N2O2/c1-3-4-7-16-17-13(18)9(2)19-12-6-5-10(14)8-11(12)15/h3-9H,1-2H3,(H,17,18)/b4-3+,16-7+. The molecule has 1 rings (SSSR count). The molecule has 0 saturated heterocycles. The van der Waals surface area contributed by atoms with Crippen LogP contribution in [0.4, 0.5) is 0 Å². The van der Waals surface area contributed by atoms with Gasteiger partial charge in [-0.25, -0.2) is 5.43 Å². The van der Waals surface area contributed by atoms with Crippen LogP contribution in [0.1, 0.15) is 13.8 Å². The van der Waals surface area contributed by atoms with Crippen molar-refractivity contribution in [3.8, 4) is 5.75 Å². The molecule has 1 aromatic carbocycles. The van der Waals surface area contributed by atoms with Crippen LogP contribution < -0.4 is 10.2 Å². The molecule has 4 nitrogen and oxygen atoms in total. The molecule has 1 unspecified atom stereocenters. The molecule has 1 N–H and O–H groups in total. The molecule has 0 radical (unpaired) electrons. The Hall–Kier alpha value is -1.52. The lowest BCUT2D eigenvalue weighted by Crippen LogP contribution is -2.33. The van der Waals surface area contributed by atoms with Crippen molar-refractivity contribution in [2.24, 2.45) is 5.10 Å². The Balaban J connectivity index is 2.58. The first-order valence-electron chi connectivity index (χ1n) is 5.60. The number of nitrogens with one attached hydrogen (secondary N) is 1. The zero-order chi connectivity index (χ0) is 14.3. The molecule has 1 amide bonds. The summed E-state index contributed by atoms with van der Waals surface area (Å²) in [5.41, 5.74) is 2.35. The van der Waals surface area contributed by atoms with Gasteiger partial charge in [-0.2, -0.15) is 5.10 Å². The van der Waals surface area contributed by atoms with Gasteiger partial charge in [-0.15, -0.1) is 0 Å². The van der Waals surface area contributed by atoms with Crippen LogP contribution >= 0.6 is 23.2 Å². The number of allylic oxidation sites excluding steroid dienone is 2. The number of hydrogen-bond donors (Lipinski definition) is 1. The monoisotopic (exact) mass is 300 g/mol. The smallest absolute Gasteiger partial charge is 0.280 e. The van der Waals surface area contributed by atoms with E-state index in [-0.39, 0.29) is 5.91 Å². The Morgan fingerprint density at radius 2 is 2.21 bits per heavy atom. The van der Waals surface area contributed by atoms with Gasteiger partial charge in [-0.3, -0.25) is 4.79 Å². The van der Waals surface area contributed by atoms with E-state index in [1.807, 2.05) is 6.92 Å². The van der Waals surface area contributed by atoms with Crippen LogP contribution in [-0.4, -0.2) is 18.2 Å². The number of carbonyl (C=O) groups excluding carboxylic acids is 1. The summed E-state index contributed by atoms with van der Waals surface area (Å²) in [7, 11) is 0. The molecular weight excluding hydrogens is 287 g/mol. The molecular formula is C13H14Cl2N2O2. The molecule has 0 bridgehead atoms. The van der Waals surface area contributed by atoms with Crippen molar-refractivity contribution < 1.29 is 9.53 Å². The predicted octanol–water partition coefficient (Wildman–Crippen LogP) is 3.44. The molecule has 19 heavy (non-hydrogen) atoms. The Kier molecular flexibility index (Phi) is 6.39. The highest BCUT2D eigenvalue weighted by Gasteiger charge is 2.15. The third-order valence-electron chi connectivity index (χ3n) is 2.09. The largest absolute Gasteiger partial charge is 0.479 e. The van der Waals surface area contributed by atoms with E-state index in [4.69, 9.17) is 27.9 Å². The number of halogens is 2. The first-order valence-corrected chi connectivity index (χ1v) is 6.36. The van der Waals surface area contributed by atoms with Crippen LogP contribution in [0.5, 0.6) is 5.75 Å². The molecule has 6 heteroatoms. The van der Waals surface area contributed by atoms with Gasteiger partial charge >= 0.3 is 0 Å². The van der Waals surface area contributed by atoms with Gasteiger partial charge < -0.3 is 4.74 Å². The summed E-state index contributed by atoms with van der Waals surface area (Å²) in [4.78, 5) is 11.6. The van der Waals surface area contributed by atoms with E-state index >= 15 is 0 Å². The van der Waals surface area contributed by atoms with E-state index in [1.54, 1.807) is 37.3 Å². The molecule has 0 spiro atoms. The third-order valence-corrected chi connectivity index (χ3v) is 2.63. The molecule has 0 fully saturated rings. The summed E-state index contributed by atoms with van der Waals surface area (Å²) in [6, 6.07) is 4.79. The van der Waals surface area contributed by atoms with Crippen molar-refractivity contribution in [3.05, 3.63) is 40.4 Å². The minimum absolute atomic E-state index is 0.351. The molecule has 1 aromatic rings. The number of carbonyl (C=O) groups is 1. The maximum atomic E-state index is 11.6. The highest BCUT2D eigenvalue weighted by molar-refractivity contribution is 6.35. The minimum atomic E-state index is -0.721. The van der Waals surface area contributed by atoms with E-state index in [0.717, 1.165) is 0 Å². The fraction of sp³-hybridized carbons (Fsp3) is 0.231. The molecule has 0 aliphatic rings. The van der Waals surface area contributed by atoms with Crippen LogP contribution in [0.15, 0.2) is 35.5 Å². The summed E-state index contributed by atoms with van der Waals surface area (Å²) in [5, 5.41) is 4.57. The SMILES string of the molecule is C/C=C/C=N/NC(=O)C(C)Oc1ccc(Cl)cc1Cl. The Labute approximate surface area is 122 Å². The van der Waals surface area contributed by atoms with Crippen molar-refractivity contribution in [1.29, 1.82) is 0 Å². The Morgan fingerprint density at radius 3 is 2.84 bits per heavy atom. The van der Waals surface area contributed by atoms with Crippen LogP contribution in [0.25, 0.3) is 0 Å². The molecule has 0 aliphatic heterocycles. The molecule has 0 heterocycles. The lowest BCUT2D eigenvalue weighted by Gasteiger charge is -2.14. The van der Waals surface area contributed by atoms with Gasteiger partial charge in [0.1, 0.15) is 5.75 Å². The second-order valence-corrected chi connectivity index (χ2v) is 4.46. The number of benzene rings is 1. The molecule has 0 aromatic heterocycles. The van der Waals surface area contributed by atoms with Gasteiger partial charge in [-0.1, -0.05) is 29.3 Å².